The maximum absolute atomic E-state index is 13.1. The molecule has 3 fully saturated rings. The molecule has 0 radical (unpaired) electrons. The van der Waals surface area contributed by atoms with Gasteiger partial charge in [0.25, 0.3) is 0 Å². The highest BCUT2D eigenvalue weighted by Crippen LogP contribution is 2.52. The van der Waals surface area contributed by atoms with E-state index in [4.69, 9.17) is 9.47 Å². The van der Waals surface area contributed by atoms with Gasteiger partial charge >= 0.3 is 5.97 Å². The quantitative estimate of drug-likeness (QED) is 0.273. The number of hydrogen-bond acceptors (Lipinski definition) is 9. The van der Waals surface area contributed by atoms with Crippen molar-refractivity contribution in [3.63, 3.8) is 0 Å². The molecule has 1 heterocycles. The first kappa shape index (κ1) is 25.3. The summed E-state index contributed by atoms with van der Waals surface area (Å²) in [5.41, 5.74) is -3.66. The maximum Gasteiger partial charge on any atom is 0.341 e. The third kappa shape index (κ3) is 4.53. The molecule has 32 heavy (non-hydrogen) atoms. The number of esters is 1. The van der Waals surface area contributed by atoms with Crippen LogP contribution < -0.4 is 5.32 Å². The third-order valence-electron chi connectivity index (χ3n) is 7.75. The van der Waals surface area contributed by atoms with Gasteiger partial charge in [0.15, 0.2) is 5.60 Å². The van der Waals surface area contributed by atoms with Crippen LogP contribution in [0.15, 0.2) is 0 Å². The maximum atomic E-state index is 13.1. The van der Waals surface area contributed by atoms with Crippen LogP contribution >= 0.6 is 0 Å². The summed E-state index contributed by atoms with van der Waals surface area (Å²) in [5, 5.41) is 55.4. The number of aliphatic hydroxyl groups excluding tert-OH is 4. The zero-order valence-corrected chi connectivity index (χ0v) is 18.8. The van der Waals surface area contributed by atoms with Gasteiger partial charge in [0.05, 0.1) is 25.9 Å². The first-order chi connectivity index (χ1) is 15.1. The number of carbonyl (C=O) groups is 2. The van der Waals surface area contributed by atoms with Gasteiger partial charge in [0.1, 0.15) is 23.9 Å². The number of methoxy groups -OCH3 is 1. The molecule has 3 aliphatic rings. The van der Waals surface area contributed by atoms with Crippen molar-refractivity contribution in [2.45, 2.75) is 100.0 Å². The van der Waals surface area contributed by atoms with Crippen molar-refractivity contribution in [3.05, 3.63) is 0 Å². The van der Waals surface area contributed by atoms with Crippen molar-refractivity contribution < 1.29 is 44.6 Å². The molecule has 184 valence electrons. The zero-order valence-electron chi connectivity index (χ0n) is 18.8. The Hall–Kier alpha value is -1.30. The van der Waals surface area contributed by atoms with E-state index in [2.05, 4.69) is 5.32 Å². The van der Waals surface area contributed by atoms with Gasteiger partial charge < -0.3 is 40.3 Å². The Morgan fingerprint density at radius 3 is 2.41 bits per heavy atom. The fourth-order valence-corrected chi connectivity index (χ4v) is 6.06. The van der Waals surface area contributed by atoms with E-state index in [1.54, 1.807) is 0 Å². The van der Waals surface area contributed by atoms with Crippen molar-refractivity contribution in [2.75, 3.05) is 13.7 Å². The molecule has 9 atom stereocenters. The van der Waals surface area contributed by atoms with E-state index in [-0.39, 0.29) is 25.2 Å². The monoisotopic (exact) mass is 459 g/mol. The molecule has 1 saturated heterocycles. The van der Waals surface area contributed by atoms with Crippen molar-refractivity contribution in [1.29, 1.82) is 0 Å². The van der Waals surface area contributed by atoms with E-state index in [9.17, 15) is 35.1 Å². The SMILES string of the molecule is COC(=O)[C@@]1(C2(O)CCC3CCCCC3C2)C[C@H](O)[C@@H](NC(C)=O)[C@H]([C@H](O)[C@H](O)CO)O1. The minimum Gasteiger partial charge on any atom is -0.467 e. The van der Waals surface area contributed by atoms with Crippen molar-refractivity contribution >= 4 is 11.9 Å². The average molecular weight is 460 g/mol. The third-order valence-corrected chi connectivity index (χ3v) is 7.75. The molecule has 0 aromatic heterocycles. The number of fused-ring (bicyclic) bond motifs is 1. The lowest BCUT2D eigenvalue weighted by molar-refractivity contribution is -0.286. The van der Waals surface area contributed by atoms with Crippen LogP contribution in [0.25, 0.3) is 0 Å². The Kier molecular flexibility index (Phi) is 7.84. The van der Waals surface area contributed by atoms with Gasteiger partial charge in [-0.1, -0.05) is 25.7 Å². The Morgan fingerprint density at radius 1 is 1.16 bits per heavy atom. The van der Waals surface area contributed by atoms with Crippen molar-refractivity contribution in [1.82, 2.24) is 5.32 Å². The van der Waals surface area contributed by atoms with Crippen molar-refractivity contribution in [2.24, 2.45) is 11.8 Å². The lowest BCUT2D eigenvalue weighted by atomic mass is 9.59. The van der Waals surface area contributed by atoms with Crippen LogP contribution in [0.1, 0.15) is 58.3 Å². The lowest BCUT2D eigenvalue weighted by Gasteiger charge is -2.56. The van der Waals surface area contributed by atoms with Gasteiger partial charge in [-0.2, -0.15) is 0 Å². The van der Waals surface area contributed by atoms with Crippen molar-refractivity contribution in [3.8, 4) is 0 Å². The van der Waals surface area contributed by atoms with Crippen LogP contribution in [0.3, 0.4) is 0 Å². The molecule has 0 bridgehead atoms. The summed E-state index contributed by atoms with van der Waals surface area (Å²) in [6.07, 6.45) is -1.18. The van der Waals surface area contributed by atoms with Gasteiger partial charge in [0.2, 0.25) is 5.91 Å². The molecule has 10 nitrogen and oxygen atoms in total. The van der Waals surface area contributed by atoms with E-state index in [0.29, 0.717) is 12.3 Å². The smallest absolute Gasteiger partial charge is 0.341 e. The minimum absolute atomic E-state index is 0.198. The van der Waals surface area contributed by atoms with Crippen LogP contribution in [0.5, 0.6) is 0 Å². The summed E-state index contributed by atoms with van der Waals surface area (Å²) < 4.78 is 11.1. The first-order valence-electron chi connectivity index (χ1n) is 11.5. The molecule has 3 rings (SSSR count). The predicted octanol–water partition coefficient (Wildman–Crippen LogP) is -1.01. The second-order valence-corrected chi connectivity index (χ2v) is 9.72. The van der Waals surface area contributed by atoms with Gasteiger partial charge in [0, 0.05) is 13.3 Å². The first-order valence-corrected chi connectivity index (χ1v) is 11.5. The highest BCUT2D eigenvalue weighted by molar-refractivity contribution is 5.82. The lowest BCUT2D eigenvalue weighted by Crippen LogP contribution is -2.74. The number of rotatable bonds is 6. The molecule has 2 saturated carbocycles. The van der Waals surface area contributed by atoms with Gasteiger partial charge in [-0.25, -0.2) is 4.79 Å². The predicted molar refractivity (Wildman–Crippen MR) is 111 cm³/mol. The molecule has 1 amide bonds. The molecule has 2 aliphatic carbocycles. The summed E-state index contributed by atoms with van der Waals surface area (Å²) in [5.74, 6) is -0.744. The molecule has 10 heteroatoms. The molecular weight excluding hydrogens is 422 g/mol. The van der Waals surface area contributed by atoms with Gasteiger partial charge in [-0.15, -0.1) is 0 Å². The zero-order chi connectivity index (χ0) is 23.7. The number of aliphatic hydroxyl groups is 5. The van der Waals surface area contributed by atoms with E-state index in [1.807, 2.05) is 0 Å². The number of nitrogens with one attached hydrogen (secondary N) is 1. The van der Waals surface area contributed by atoms with Crippen LogP contribution in [-0.2, 0) is 19.1 Å². The molecule has 0 aromatic carbocycles. The number of amides is 1. The largest absolute Gasteiger partial charge is 0.467 e. The Morgan fingerprint density at radius 2 is 1.81 bits per heavy atom. The van der Waals surface area contributed by atoms with Crippen LogP contribution in [0.4, 0.5) is 0 Å². The molecular formula is C22H37NO9. The number of ether oxygens (including phenoxy) is 2. The summed E-state index contributed by atoms with van der Waals surface area (Å²) >= 11 is 0. The normalized spacial score (nSPS) is 41.8. The standard InChI is InChI=1S/C22H37NO9/c1-12(25)23-17-15(26)10-22(20(29)31-2,32-19(17)18(28)16(27)11-24)21(30)8-7-13-5-3-4-6-14(13)9-21/h13-19,24,26-28,30H,3-11H2,1-2H3,(H,23,25)/t13?,14?,15-,16+,17+,18+,19+,21?,22+/m0/s1. The summed E-state index contributed by atoms with van der Waals surface area (Å²) in [6, 6.07) is -1.17. The molecule has 6 N–H and O–H groups in total. The Balaban J connectivity index is 2.00. The topological polar surface area (TPSA) is 166 Å². The fourth-order valence-electron chi connectivity index (χ4n) is 6.06. The number of carbonyl (C=O) groups excluding carboxylic acids is 2. The second-order valence-electron chi connectivity index (χ2n) is 9.72. The van der Waals surface area contributed by atoms with E-state index in [0.717, 1.165) is 32.8 Å². The average Bonchev–Trinajstić information content (AvgIpc) is 2.78. The summed E-state index contributed by atoms with van der Waals surface area (Å²) in [7, 11) is 1.16. The Labute approximate surface area is 187 Å². The molecule has 0 spiro atoms. The van der Waals surface area contributed by atoms with Gasteiger partial charge in [-0.3, -0.25) is 4.79 Å². The van der Waals surface area contributed by atoms with Gasteiger partial charge in [-0.05, 0) is 31.1 Å². The van der Waals surface area contributed by atoms with E-state index < -0.39 is 60.1 Å². The highest BCUT2D eigenvalue weighted by Gasteiger charge is 2.66. The molecule has 0 aromatic rings. The van der Waals surface area contributed by atoms with E-state index in [1.165, 1.54) is 6.92 Å². The molecule has 1 aliphatic heterocycles. The fraction of sp³-hybridized carbons (Fsp3) is 0.909. The second kappa shape index (κ2) is 9.90. The number of hydrogen-bond donors (Lipinski definition) is 6. The minimum atomic E-state index is -2.00. The summed E-state index contributed by atoms with van der Waals surface area (Å²) in [4.78, 5) is 24.9. The van der Waals surface area contributed by atoms with E-state index >= 15 is 0 Å². The van der Waals surface area contributed by atoms with Crippen LogP contribution in [-0.4, -0.2) is 92.8 Å². The molecule has 3 unspecified atom stereocenters. The Bertz CT molecular complexity index is 690. The highest BCUT2D eigenvalue weighted by atomic mass is 16.6. The van der Waals surface area contributed by atoms with Crippen LogP contribution in [0, 0.1) is 11.8 Å². The van der Waals surface area contributed by atoms with Crippen LogP contribution in [0.2, 0.25) is 0 Å². The summed E-state index contributed by atoms with van der Waals surface area (Å²) in [6.45, 7) is 0.418.